The SMILES string of the molecule is Cc1cc(C)n(-c2ccccc2NC(=O)NC(C)c2cc3cnccc3o2)n1. The zero-order valence-electron chi connectivity index (χ0n) is 15.9. The number of pyridine rings is 1. The van der Waals surface area contributed by atoms with Crippen molar-refractivity contribution in [3.8, 4) is 5.69 Å². The number of carbonyl (C=O) groups is 1. The van der Waals surface area contributed by atoms with Crippen molar-refractivity contribution in [3.05, 3.63) is 72.0 Å². The van der Waals surface area contributed by atoms with Gasteiger partial charge in [0.15, 0.2) is 0 Å². The lowest BCUT2D eigenvalue weighted by atomic mass is 10.2. The number of amides is 2. The summed E-state index contributed by atoms with van der Waals surface area (Å²) in [5.74, 6) is 0.671. The number of nitrogens with zero attached hydrogens (tertiary/aromatic N) is 3. The number of rotatable bonds is 4. The number of fused-ring (bicyclic) bond motifs is 1. The van der Waals surface area contributed by atoms with Crippen LogP contribution in [0, 0.1) is 13.8 Å². The first-order valence-corrected chi connectivity index (χ1v) is 9.05. The minimum atomic E-state index is -0.319. The number of aromatic nitrogens is 3. The predicted octanol–water partition coefficient (Wildman–Crippen LogP) is 4.51. The highest BCUT2D eigenvalue weighted by Crippen LogP contribution is 2.24. The van der Waals surface area contributed by atoms with Gasteiger partial charge in [0, 0.05) is 23.5 Å². The van der Waals surface area contributed by atoms with E-state index in [9.17, 15) is 4.79 Å². The molecule has 7 nitrogen and oxygen atoms in total. The van der Waals surface area contributed by atoms with Crippen molar-refractivity contribution in [2.75, 3.05) is 5.32 Å². The van der Waals surface area contributed by atoms with Crippen molar-refractivity contribution in [1.82, 2.24) is 20.1 Å². The number of anilines is 1. The summed E-state index contributed by atoms with van der Waals surface area (Å²) in [6.45, 7) is 5.80. The Hall–Kier alpha value is -3.61. The van der Waals surface area contributed by atoms with Gasteiger partial charge in [-0.1, -0.05) is 12.1 Å². The fourth-order valence-corrected chi connectivity index (χ4v) is 3.18. The molecule has 0 saturated heterocycles. The Kier molecular flexibility index (Phi) is 4.57. The molecule has 0 aliphatic rings. The van der Waals surface area contributed by atoms with Gasteiger partial charge in [0.05, 0.1) is 23.1 Å². The van der Waals surface area contributed by atoms with E-state index in [1.54, 1.807) is 18.5 Å². The van der Waals surface area contributed by atoms with Gasteiger partial charge in [0.2, 0.25) is 0 Å². The second-order valence-electron chi connectivity index (χ2n) is 6.74. The maximum atomic E-state index is 12.6. The number of nitrogens with one attached hydrogen (secondary N) is 2. The standard InChI is InChI=1S/C21H21N5O2/c1-13-10-14(2)26(25-13)18-7-5-4-6-17(18)24-21(27)23-15(3)20-11-16-12-22-9-8-19(16)28-20/h4-12,15H,1-3H3,(H2,23,24,27). The molecule has 3 aromatic heterocycles. The monoisotopic (exact) mass is 375 g/mol. The predicted molar refractivity (Wildman–Crippen MR) is 108 cm³/mol. The van der Waals surface area contributed by atoms with Gasteiger partial charge in [-0.05, 0) is 51.1 Å². The van der Waals surface area contributed by atoms with Crippen LogP contribution in [0.25, 0.3) is 16.7 Å². The van der Waals surface area contributed by atoms with E-state index < -0.39 is 0 Å². The molecule has 4 aromatic rings. The van der Waals surface area contributed by atoms with Gasteiger partial charge >= 0.3 is 6.03 Å². The molecule has 0 saturated carbocycles. The molecule has 0 bridgehead atoms. The summed E-state index contributed by atoms with van der Waals surface area (Å²) >= 11 is 0. The second kappa shape index (κ2) is 7.19. The Bertz CT molecular complexity index is 1110. The number of urea groups is 1. The van der Waals surface area contributed by atoms with Crippen molar-refractivity contribution in [2.24, 2.45) is 0 Å². The van der Waals surface area contributed by atoms with Crippen LogP contribution in [0.15, 0.2) is 59.3 Å². The number of benzene rings is 1. The molecule has 2 amide bonds. The van der Waals surface area contributed by atoms with Crippen LogP contribution in [-0.2, 0) is 0 Å². The van der Waals surface area contributed by atoms with Crippen LogP contribution in [-0.4, -0.2) is 20.8 Å². The lowest BCUT2D eigenvalue weighted by molar-refractivity contribution is 0.248. The molecule has 1 unspecified atom stereocenters. The largest absolute Gasteiger partial charge is 0.459 e. The molecule has 1 atom stereocenters. The number of furan rings is 1. The highest BCUT2D eigenvalue weighted by molar-refractivity contribution is 5.91. The Morgan fingerprint density at radius 1 is 1.18 bits per heavy atom. The minimum absolute atomic E-state index is 0.298. The number of carbonyl (C=O) groups excluding carboxylic acids is 1. The van der Waals surface area contributed by atoms with Gasteiger partial charge in [-0.2, -0.15) is 5.10 Å². The van der Waals surface area contributed by atoms with Crippen molar-refractivity contribution in [1.29, 1.82) is 0 Å². The number of hydrogen-bond donors (Lipinski definition) is 2. The van der Waals surface area contributed by atoms with E-state index in [0.717, 1.165) is 28.0 Å². The Morgan fingerprint density at radius 3 is 2.75 bits per heavy atom. The van der Waals surface area contributed by atoms with Crippen molar-refractivity contribution in [2.45, 2.75) is 26.8 Å². The first kappa shape index (κ1) is 17.8. The van der Waals surface area contributed by atoms with Crippen LogP contribution in [0.4, 0.5) is 10.5 Å². The smallest absolute Gasteiger partial charge is 0.319 e. The average Bonchev–Trinajstić information content (AvgIpc) is 3.25. The summed E-state index contributed by atoms with van der Waals surface area (Å²) in [4.78, 5) is 16.7. The third-order valence-electron chi connectivity index (χ3n) is 4.50. The van der Waals surface area contributed by atoms with E-state index in [1.165, 1.54) is 0 Å². The maximum absolute atomic E-state index is 12.6. The fourth-order valence-electron chi connectivity index (χ4n) is 3.18. The van der Waals surface area contributed by atoms with Crippen LogP contribution in [0.5, 0.6) is 0 Å². The normalized spacial score (nSPS) is 12.1. The summed E-state index contributed by atoms with van der Waals surface area (Å²) in [5.41, 5.74) is 4.15. The molecular weight excluding hydrogens is 354 g/mol. The zero-order chi connectivity index (χ0) is 19.7. The Labute approximate surface area is 162 Å². The van der Waals surface area contributed by atoms with Gasteiger partial charge in [-0.3, -0.25) is 4.98 Å². The van der Waals surface area contributed by atoms with Gasteiger partial charge in [-0.25, -0.2) is 9.48 Å². The summed E-state index contributed by atoms with van der Waals surface area (Å²) in [6.07, 6.45) is 3.41. The summed E-state index contributed by atoms with van der Waals surface area (Å²) < 4.78 is 7.62. The molecule has 2 N–H and O–H groups in total. The van der Waals surface area contributed by atoms with Crippen LogP contribution in [0.1, 0.15) is 30.1 Å². The highest BCUT2D eigenvalue weighted by atomic mass is 16.3. The van der Waals surface area contributed by atoms with Gasteiger partial charge in [-0.15, -0.1) is 0 Å². The van der Waals surface area contributed by atoms with Gasteiger partial charge in [0.25, 0.3) is 0 Å². The quantitative estimate of drug-likeness (QED) is 0.549. The molecule has 1 aromatic carbocycles. The van der Waals surface area contributed by atoms with E-state index in [4.69, 9.17) is 4.42 Å². The highest BCUT2D eigenvalue weighted by Gasteiger charge is 2.16. The number of hydrogen-bond acceptors (Lipinski definition) is 4. The number of aryl methyl sites for hydroxylation is 2. The maximum Gasteiger partial charge on any atom is 0.319 e. The van der Waals surface area contributed by atoms with E-state index in [-0.39, 0.29) is 12.1 Å². The summed E-state index contributed by atoms with van der Waals surface area (Å²) in [7, 11) is 0. The molecule has 0 aliphatic heterocycles. The van der Waals surface area contributed by atoms with E-state index >= 15 is 0 Å². The number of para-hydroxylation sites is 2. The molecule has 142 valence electrons. The lowest BCUT2D eigenvalue weighted by Crippen LogP contribution is -2.31. The molecule has 0 fully saturated rings. The molecule has 4 rings (SSSR count). The lowest BCUT2D eigenvalue weighted by Gasteiger charge is -2.15. The molecule has 0 aliphatic carbocycles. The first-order chi connectivity index (χ1) is 13.5. The second-order valence-corrected chi connectivity index (χ2v) is 6.74. The molecule has 0 radical (unpaired) electrons. The summed E-state index contributed by atoms with van der Waals surface area (Å²) in [6, 6.07) is 12.6. The van der Waals surface area contributed by atoms with E-state index in [0.29, 0.717) is 11.4 Å². The minimum Gasteiger partial charge on any atom is -0.459 e. The topological polar surface area (TPSA) is 85.0 Å². The fraction of sp³-hybridized carbons (Fsp3) is 0.190. The Morgan fingerprint density at radius 2 is 2.00 bits per heavy atom. The van der Waals surface area contributed by atoms with Crippen molar-refractivity contribution < 1.29 is 9.21 Å². The van der Waals surface area contributed by atoms with Gasteiger partial charge in [0.1, 0.15) is 11.3 Å². The Balaban J connectivity index is 1.52. The molecule has 3 heterocycles. The third-order valence-corrected chi connectivity index (χ3v) is 4.50. The van der Waals surface area contributed by atoms with Gasteiger partial charge < -0.3 is 15.1 Å². The molecule has 0 spiro atoms. The van der Waals surface area contributed by atoms with Crippen LogP contribution in [0.2, 0.25) is 0 Å². The van der Waals surface area contributed by atoms with E-state index in [2.05, 4.69) is 20.7 Å². The van der Waals surface area contributed by atoms with Crippen molar-refractivity contribution >= 4 is 22.7 Å². The average molecular weight is 375 g/mol. The van der Waals surface area contributed by atoms with Crippen LogP contribution in [0.3, 0.4) is 0 Å². The molecular formula is C21H21N5O2. The molecule has 28 heavy (non-hydrogen) atoms. The third kappa shape index (κ3) is 3.46. The van der Waals surface area contributed by atoms with Crippen molar-refractivity contribution in [3.63, 3.8) is 0 Å². The van der Waals surface area contributed by atoms with Crippen LogP contribution < -0.4 is 10.6 Å². The van der Waals surface area contributed by atoms with Crippen LogP contribution >= 0.6 is 0 Å². The first-order valence-electron chi connectivity index (χ1n) is 9.05. The zero-order valence-corrected chi connectivity index (χ0v) is 15.9. The van der Waals surface area contributed by atoms with E-state index in [1.807, 2.05) is 61.9 Å². The molecule has 7 heteroatoms. The summed E-state index contributed by atoms with van der Waals surface area (Å²) in [5, 5.41) is 11.2.